The molecule has 0 aliphatic heterocycles. The molecule has 0 radical (unpaired) electrons. The summed E-state index contributed by atoms with van der Waals surface area (Å²) in [5.74, 6) is 1.83. The van der Waals surface area contributed by atoms with Crippen LogP contribution in [0.4, 0.5) is 0 Å². The molecule has 0 aromatic rings. The smallest absolute Gasteiger partial charge is 0.191 e. The lowest BCUT2D eigenvalue weighted by molar-refractivity contribution is 0.0845. The molecule has 4 heteroatoms. The highest BCUT2D eigenvalue weighted by atomic mass is 15.2. The van der Waals surface area contributed by atoms with Crippen LogP contribution in [0.1, 0.15) is 52.4 Å². The molecule has 2 rings (SSSR count). The van der Waals surface area contributed by atoms with Gasteiger partial charge in [-0.3, -0.25) is 4.99 Å². The van der Waals surface area contributed by atoms with Crippen LogP contribution in [0.15, 0.2) is 4.99 Å². The Kier molecular flexibility index (Phi) is 5.30. The van der Waals surface area contributed by atoms with Gasteiger partial charge in [-0.05, 0) is 52.6 Å². The fourth-order valence-electron chi connectivity index (χ4n) is 3.29. The normalized spacial score (nSPS) is 31.4. The van der Waals surface area contributed by atoms with Gasteiger partial charge in [-0.15, -0.1) is 0 Å². The molecule has 0 amide bonds. The van der Waals surface area contributed by atoms with E-state index in [4.69, 9.17) is 4.99 Å². The summed E-state index contributed by atoms with van der Waals surface area (Å²) in [4.78, 5) is 7.31. The van der Waals surface area contributed by atoms with E-state index in [0.717, 1.165) is 25.0 Å². The SMILES string of the molecule is CCNC(=NCC1(N(C)C)CCCC(C)C1)NC1CC1. The summed E-state index contributed by atoms with van der Waals surface area (Å²) in [5.41, 5.74) is 0.254. The van der Waals surface area contributed by atoms with Crippen LogP contribution < -0.4 is 10.6 Å². The van der Waals surface area contributed by atoms with Crippen molar-refractivity contribution in [2.24, 2.45) is 10.9 Å². The number of likely N-dealkylation sites (N-methyl/N-ethyl adjacent to an activating group) is 1. The lowest BCUT2D eigenvalue weighted by Crippen LogP contribution is -2.51. The van der Waals surface area contributed by atoms with E-state index in [9.17, 15) is 0 Å². The zero-order valence-corrected chi connectivity index (χ0v) is 13.7. The molecule has 2 fully saturated rings. The second-order valence-electron chi connectivity index (χ2n) is 6.93. The third-order valence-corrected chi connectivity index (χ3v) is 4.81. The van der Waals surface area contributed by atoms with Crippen molar-refractivity contribution in [3.8, 4) is 0 Å². The van der Waals surface area contributed by atoms with E-state index in [-0.39, 0.29) is 5.54 Å². The van der Waals surface area contributed by atoms with Crippen LogP contribution >= 0.6 is 0 Å². The summed E-state index contributed by atoms with van der Waals surface area (Å²) in [6.07, 6.45) is 7.84. The molecule has 2 unspecified atom stereocenters. The zero-order valence-electron chi connectivity index (χ0n) is 13.7. The minimum absolute atomic E-state index is 0.254. The number of nitrogens with zero attached hydrogens (tertiary/aromatic N) is 2. The third-order valence-electron chi connectivity index (χ3n) is 4.81. The molecule has 0 aromatic carbocycles. The summed E-state index contributed by atoms with van der Waals surface area (Å²) < 4.78 is 0. The monoisotopic (exact) mass is 280 g/mol. The topological polar surface area (TPSA) is 39.7 Å². The second-order valence-corrected chi connectivity index (χ2v) is 6.93. The lowest BCUT2D eigenvalue weighted by Gasteiger charge is -2.44. The first kappa shape index (κ1) is 15.6. The van der Waals surface area contributed by atoms with Gasteiger partial charge in [-0.1, -0.05) is 19.8 Å². The summed E-state index contributed by atoms with van der Waals surface area (Å²) in [6, 6.07) is 0.661. The van der Waals surface area contributed by atoms with Gasteiger partial charge < -0.3 is 15.5 Å². The van der Waals surface area contributed by atoms with Crippen LogP contribution in [0, 0.1) is 5.92 Å². The Morgan fingerprint density at radius 1 is 1.30 bits per heavy atom. The minimum atomic E-state index is 0.254. The summed E-state index contributed by atoms with van der Waals surface area (Å²) >= 11 is 0. The number of hydrogen-bond acceptors (Lipinski definition) is 2. The van der Waals surface area contributed by atoms with Gasteiger partial charge in [0.1, 0.15) is 0 Å². The number of guanidine groups is 1. The summed E-state index contributed by atoms with van der Waals surface area (Å²) in [5, 5.41) is 6.90. The molecule has 4 nitrogen and oxygen atoms in total. The maximum Gasteiger partial charge on any atom is 0.191 e. The maximum absolute atomic E-state index is 4.90. The van der Waals surface area contributed by atoms with Crippen LogP contribution in [0.25, 0.3) is 0 Å². The highest BCUT2D eigenvalue weighted by Gasteiger charge is 2.37. The fraction of sp³-hybridized carbons (Fsp3) is 0.938. The van der Waals surface area contributed by atoms with Crippen molar-refractivity contribution in [3.05, 3.63) is 0 Å². The summed E-state index contributed by atoms with van der Waals surface area (Å²) in [6.45, 7) is 6.36. The number of nitrogens with one attached hydrogen (secondary N) is 2. The van der Waals surface area contributed by atoms with E-state index in [1.54, 1.807) is 0 Å². The molecule has 2 saturated carbocycles. The van der Waals surface area contributed by atoms with Crippen molar-refractivity contribution < 1.29 is 0 Å². The van der Waals surface area contributed by atoms with Crippen molar-refractivity contribution in [3.63, 3.8) is 0 Å². The van der Waals surface area contributed by atoms with Gasteiger partial charge in [0.05, 0.1) is 6.54 Å². The molecular weight excluding hydrogens is 248 g/mol. The molecule has 20 heavy (non-hydrogen) atoms. The predicted molar refractivity (Wildman–Crippen MR) is 86.2 cm³/mol. The van der Waals surface area contributed by atoms with Crippen LogP contribution in [-0.2, 0) is 0 Å². The van der Waals surface area contributed by atoms with Gasteiger partial charge in [-0.25, -0.2) is 0 Å². The van der Waals surface area contributed by atoms with E-state index < -0.39 is 0 Å². The first-order valence-electron chi connectivity index (χ1n) is 8.28. The Morgan fingerprint density at radius 3 is 2.60 bits per heavy atom. The fourth-order valence-corrected chi connectivity index (χ4v) is 3.29. The van der Waals surface area contributed by atoms with Crippen LogP contribution in [0.3, 0.4) is 0 Å². The van der Waals surface area contributed by atoms with Gasteiger partial charge in [0.15, 0.2) is 5.96 Å². The summed E-state index contributed by atoms with van der Waals surface area (Å²) in [7, 11) is 4.43. The largest absolute Gasteiger partial charge is 0.357 e. The molecule has 0 heterocycles. The molecule has 0 spiro atoms. The molecule has 0 aromatic heterocycles. The van der Waals surface area contributed by atoms with E-state index in [2.05, 4.69) is 43.5 Å². The average molecular weight is 280 g/mol. The average Bonchev–Trinajstić information content (AvgIpc) is 3.20. The predicted octanol–water partition coefficient (Wildman–Crippen LogP) is 2.21. The molecule has 2 aliphatic rings. The second kappa shape index (κ2) is 6.79. The van der Waals surface area contributed by atoms with Gasteiger partial charge in [0.25, 0.3) is 0 Å². The minimum Gasteiger partial charge on any atom is -0.357 e. The Labute approximate surface area is 124 Å². The van der Waals surface area contributed by atoms with Crippen molar-refractivity contribution >= 4 is 5.96 Å². The van der Waals surface area contributed by atoms with Crippen molar-refractivity contribution in [1.29, 1.82) is 0 Å². The maximum atomic E-state index is 4.90. The van der Waals surface area contributed by atoms with Crippen molar-refractivity contribution in [2.75, 3.05) is 27.2 Å². The first-order chi connectivity index (χ1) is 9.55. The highest BCUT2D eigenvalue weighted by molar-refractivity contribution is 5.80. The number of hydrogen-bond donors (Lipinski definition) is 2. The Bertz CT molecular complexity index is 335. The van der Waals surface area contributed by atoms with Gasteiger partial charge in [0.2, 0.25) is 0 Å². The highest BCUT2D eigenvalue weighted by Crippen LogP contribution is 2.35. The van der Waals surface area contributed by atoms with Gasteiger partial charge >= 0.3 is 0 Å². The zero-order chi connectivity index (χ0) is 14.6. The Morgan fingerprint density at radius 2 is 2.05 bits per heavy atom. The standard InChI is InChI=1S/C16H32N4/c1-5-17-15(19-14-8-9-14)18-12-16(20(3)4)10-6-7-13(2)11-16/h13-14H,5-12H2,1-4H3,(H2,17,18,19). The van der Waals surface area contributed by atoms with Crippen molar-refractivity contribution in [2.45, 2.75) is 64.0 Å². The van der Waals surface area contributed by atoms with E-state index >= 15 is 0 Å². The van der Waals surface area contributed by atoms with Gasteiger partial charge in [0, 0.05) is 18.1 Å². The Hall–Kier alpha value is -0.770. The molecule has 2 atom stereocenters. The number of rotatable bonds is 5. The van der Waals surface area contributed by atoms with Crippen LogP contribution in [0.2, 0.25) is 0 Å². The molecule has 2 aliphatic carbocycles. The van der Waals surface area contributed by atoms with Crippen LogP contribution in [-0.4, -0.2) is 49.6 Å². The lowest BCUT2D eigenvalue weighted by atomic mass is 9.75. The molecule has 116 valence electrons. The van der Waals surface area contributed by atoms with E-state index in [1.807, 2.05) is 0 Å². The molecule has 2 N–H and O–H groups in total. The van der Waals surface area contributed by atoms with Crippen LogP contribution in [0.5, 0.6) is 0 Å². The van der Waals surface area contributed by atoms with Gasteiger partial charge in [-0.2, -0.15) is 0 Å². The molecule has 0 bridgehead atoms. The molecule has 0 saturated heterocycles. The quantitative estimate of drug-likeness (QED) is 0.599. The third kappa shape index (κ3) is 4.11. The Balaban J connectivity index is 2.01. The number of aliphatic imine (C=N–C) groups is 1. The van der Waals surface area contributed by atoms with E-state index in [1.165, 1.54) is 38.5 Å². The first-order valence-corrected chi connectivity index (χ1v) is 8.28. The van der Waals surface area contributed by atoms with E-state index in [0.29, 0.717) is 6.04 Å². The molecular formula is C16H32N4. The van der Waals surface area contributed by atoms with Crippen molar-refractivity contribution in [1.82, 2.24) is 15.5 Å².